The highest BCUT2D eigenvalue weighted by Gasteiger charge is 2.22. The zero-order valence-corrected chi connectivity index (χ0v) is 12.1. The summed E-state index contributed by atoms with van der Waals surface area (Å²) in [4.78, 5) is 12.1. The summed E-state index contributed by atoms with van der Waals surface area (Å²) in [6.45, 7) is 3.99. The number of nitrogens with one attached hydrogen (secondary N) is 1. The fraction of sp³-hybridized carbons (Fsp3) is 0.235. The molecule has 0 spiro atoms. The fourth-order valence-electron chi connectivity index (χ4n) is 2.00. The molecule has 0 aliphatic carbocycles. The van der Waals surface area contributed by atoms with Gasteiger partial charge in [-0.1, -0.05) is 42.0 Å². The van der Waals surface area contributed by atoms with Crippen molar-refractivity contribution in [2.75, 3.05) is 11.9 Å². The van der Waals surface area contributed by atoms with E-state index in [4.69, 9.17) is 4.74 Å². The van der Waals surface area contributed by atoms with Gasteiger partial charge in [-0.3, -0.25) is 0 Å². The van der Waals surface area contributed by atoms with E-state index in [0.29, 0.717) is 0 Å². The average molecular weight is 287 g/mol. The summed E-state index contributed by atoms with van der Waals surface area (Å²) in [5.74, 6) is -0.830. The highest BCUT2D eigenvalue weighted by atomic mass is 19.1. The molecule has 0 amide bonds. The first-order valence-electron chi connectivity index (χ1n) is 6.86. The summed E-state index contributed by atoms with van der Waals surface area (Å²) >= 11 is 0. The molecule has 0 aliphatic rings. The van der Waals surface area contributed by atoms with Crippen LogP contribution < -0.4 is 5.32 Å². The van der Waals surface area contributed by atoms with E-state index < -0.39 is 17.8 Å². The Balaban J connectivity index is 2.30. The van der Waals surface area contributed by atoms with Gasteiger partial charge in [0.05, 0.1) is 12.3 Å². The monoisotopic (exact) mass is 287 g/mol. The minimum atomic E-state index is -0.734. The second-order valence-corrected chi connectivity index (χ2v) is 4.72. The zero-order valence-electron chi connectivity index (χ0n) is 12.1. The molecule has 0 bridgehead atoms. The van der Waals surface area contributed by atoms with Crippen molar-refractivity contribution in [2.45, 2.75) is 19.9 Å². The van der Waals surface area contributed by atoms with Crippen LogP contribution in [0.1, 0.15) is 24.1 Å². The van der Waals surface area contributed by atoms with E-state index in [1.54, 1.807) is 25.1 Å². The Hall–Kier alpha value is -2.36. The first-order chi connectivity index (χ1) is 10.1. The Morgan fingerprint density at radius 3 is 2.48 bits per heavy atom. The highest BCUT2D eigenvalue weighted by Crippen LogP contribution is 2.23. The van der Waals surface area contributed by atoms with Crippen LogP contribution in [-0.2, 0) is 9.53 Å². The van der Waals surface area contributed by atoms with Gasteiger partial charge in [0, 0.05) is 0 Å². The number of rotatable bonds is 5. The smallest absolute Gasteiger partial charge is 0.333 e. The molecule has 1 N–H and O–H groups in total. The molecule has 4 heteroatoms. The zero-order chi connectivity index (χ0) is 15.2. The van der Waals surface area contributed by atoms with Crippen LogP contribution in [0.15, 0.2) is 48.5 Å². The van der Waals surface area contributed by atoms with E-state index in [1.807, 2.05) is 31.2 Å². The second kappa shape index (κ2) is 6.88. The van der Waals surface area contributed by atoms with Crippen molar-refractivity contribution in [3.8, 4) is 0 Å². The normalized spacial score (nSPS) is 11.8. The molecule has 0 fully saturated rings. The van der Waals surface area contributed by atoms with E-state index >= 15 is 0 Å². The highest BCUT2D eigenvalue weighted by molar-refractivity contribution is 5.81. The predicted octanol–water partition coefficient (Wildman–Crippen LogP) is 3.85. The Kier molecular flexibility index (Phi) is 4.93. The average Bonchev–Trinajstić information content (AvgIpc) is 2.48. The third-order valence-electron chi connectivity index (χ3n) is 3.11. The molecular formula is C17H18FNO2. The molecule has 0 radical (unpaired) electrons. The molecule has 110 valence electrons. The topological polar surface area (TPSA) is 38.3 Å². The number of anilines is 1. The minimum absolute atomic E-state index is 0.274. The van der Waals surface area contributed by atoms with Crippen LogP contribution in [0.25, 0.3) is 0 Å². The molecule has 2 rings (SSSR count). The maximum Gasteiger partial charge on any atom is 0.333 e. The number of hydrogen-bond acceptors (Lipinski definition) is 3. The van der Waals surface area contributed by atoms with Crippen molar-refractivity contribution in [3.05, 3.63) is 65.5 Å². The summed E-state index contributed by atoms with van der Waals surface area (Å²) in [6, 6.07) is 13.0. The number of hydrogen-bond donors (Lipinski definition) is 1. The molecule has 2 aromatic rings. The third-order valence-corrected chi connectivity index (χ3v) is 3.11. The number of para-hydroxylation sites is 1. The molecule has 3 nitrogen and oxygen atoms in total. The summed E-state index contributed by atoms with van der Waals surface area (Å²) in [6.07, 6.45) is 0. The van der Waals surface area contributed by atoms with Gasteiger partial charge in [-0.15, -0.1) is 0 Å². The number of ether oxygens (including phenoxy) is 1. The van der Waals surface area contributed by atoms with Crippen molar-refractivity contribution in [1.29, 1.82) is 0 Å². The lowest BCUT2D eigenvalue weighted by Crippen LogP contribution is -2.23. The molecule has 0 aromatic heterocycles. The van der Waals surface area contributed by atoms with Gasteiger partial charge in [0.25, 0.3) is 0 Å². The number of carbonyl (C=O) groups excluding carboxylic acids is 1. The van der Waals surface area contributed by atoms with Crippen LogP contribution in [0.2, 0.25) is 0 Å². The van der Waals surface area contributed by atoms with Crippen molar-refractivity contribution < 1.29 is 13.9 Å². The molecule has 1 unspecified atom stereocenters. The van der Waals surface area contributed by atoms with Gasteiger partial charge in [0.15, 0.2) is 6.04 Å². The van der Waals surface area contributed by atoms with Gasteiger partial charge < -0.3 is 10.1 Å². The summed E-state index contributed by atoms with van der Waals surface area (Å²) < 4.78 is 18.8. The van der Waals surface area contributed by atoms with Gasteiger partial charge in [0.1, 0.15) is 5.82 Å². The van der Waals surface area contributed by atoms with E-state index in [2.05, 4.69) is 5.32 Å². The first-order valence-corrected chi connectivity index (χ1v) is 6.86. The number of carbonyl (C=O) groups is 1. The Morgan fingerprint density at radius 1 is 1.19 bits per heavy atom. The van der Waals surface area contributed by atoms with Crippen molar-refractivity contribution in [1.82, 2.24) is 0 Å². The summed E-state index contributed by atoms with van der Waals surface area (Å²) in [7, 11) is 0. The van der Waals surface area contributed by atoms with Gasteiger partial charge in [0.2, 0.25) is 0 Å². The van der Waals surface area contributed by atoms with Gasteiger partial charge in [-0.2, -0.15) is 0 Å². The van der Waals surface area contributed by atoms with E-state index in [-0.39, 0.29) is 12.3 Å². The maximum absolute atomic E-state index is 13.8. The Bertz CT molecular complexity index is 610. The van der Waals surface area contributed by atoms with Gasteiger partial charge in [-0.05, 0) is 31.5 Å². The number of halogens is 1. The van der Waals surface area contributed by atoms with E-state index in [1.165, 1.54) is 6.07 Å². The van der Waals surface area contributed by atoms with Crippen LogP contribution in [0.4, 0.5) is 10.1 Å². The van der Waals surface area contributed by atoms with Crippen molar-refractivity contribution in [2.24, 2.45) is 0 Å². The number of benzene rings is 2. The standard InChI is InChI=1S/C17H18FNO2/c1-3-21-17(20)16(13-10-8-12(2)9-11-13)19-15-7-5-4-6-14(15)18/h4-11,16,19H,3H2,1-2H3. The second-order valence-electron chi connectivity index (χ2n) is 4.72. The maximum atomic E-state index is 13.8. The van der Waals surface area contributed by atoms with E-state index in [0.717, 1.165) is 11.1 Å². The molecular weight excluding hydrogens is 269 g/mol. The molecule has 0 heterocycles. The van der Waals surface area contributed by atoms with E-state index in [9.17, 15) is 9.18 Å². The van der Waals surface area contributed by atoms with Crippen molar-refractivity contribution in [3.63, 3.8) is 0 Å². The van der Waals surface area contributed by atoms with Crippen molar-refractivity contribution >= 4 is 11.7 Å². The van der Waals surface area contributed by atoms with Crippen LogP contribution in [0.5, 0.6) is 0 Å². The Labute approximate surface area is 123 Å². The van der Waals surface area contributed by atoms with Crippen LogP contribution in [0, 0.1) is 12.7 Å². The lowest BCUT2D eigenvalue weighted by Gasteiger charge is -2.19. The third kappa shape index (κ3) is 3.81. The summed E-state index contributed by atoms with van der Waals surface area (Å²) in [5.41, 5.74) is 2.10. The summed E-state index contributed by atoms with van der Waals surface area (Å²) in [5, 5.41) is 2.92. The quantitative estimate of drug-likeness (QED) is 0.849. The lowest BCUT2D eigenvalue weighted by atomic mass is 10.0. The van der Waals surface area contributed by atoms with Gasteiger partial charge in [-0.25, -0.2) is 9.18 Å². The number of esters is 1. The molecule has 1 atom stereocenters. The van der Waals surface area contributed by atoms with Crippen LogP contribution in [0.3, 0.4) is 0 Å². The lowest BCUT2D eigenvalue weighted by molar-refractivity contribution is -0.144. The fourth-order valence-corrected chi connectivity index (χ4v) is 2.00. The molecule has 2 aromatic carbocycles. The van der Waals surface area contributed by atoms with Crippen LogP contribution in [-0.4, -0.2) is 12.6 Å². The first kappa shape index (κ1) is 15.0. The largest absolute Gasteiger partial charge is 0.464 e. The molecule has 0 saturated heterocycles. The minimum Gasteiger partial charge on any atom is -0.464 e. The van der Waals surface area contributed by atoms with Gasteiger partial charge >= 0.3 is 5.97 Å². The van der Waals surface area contributed by atoms with Crippen LogP contribution >= 0.6 is 0 Å². The predicted molar refractivity (Wildman–Crippen MR) is 80.6 cm³/mol. The molecule has 0 aliphatic heterocycles. The SMILES string of the molecule is CCOC(=O)C(Nc1ccccc1F)c1ccc(C)cc1. The molecule has 0 saturated carbocycles. The Morgan fingerprint density at radius 2 is 1.86 bits per heavy atom. The molecule has 21 heavy (non-hydrogen) atoms. The number of aryl methyl sites for hydroxylation is 1.